The van der Waals surface area contributed by atoms with Crippen LogP contribution in [0.3, 0.4) is 0 Å². The van der Waals surface area contributed by atoms with Crippen molar-refractivity contribution in [1.29, 1.82) is 0 Å². The maximum Gasteiger partial charge on any atom is 0.337 e. The molecule has 0 aromatic heterocycles. The Bertz CT molecular complexity index is 1380. The van der Waals surface area contributed by atoms with Gasteiger partial charge in [-0.1, -0.05) is 36.4 Å². The van der Waals surface area contributed by atoms with Crippen LogP contribution < -0.4 is 10.2 Å². The number of esters is 1. The first-order valence-corrected chi connectivity index (χ1v) is 11.9. The second kappa shape index (κ2) is 10.8. The molecule has 3 aromatic carbocycles. The minimum atomic E-state index is -0.659. The third-order valence-corrected chi connectivity index (χ3v) is 6.27. The molecule has 0 spiro atoms. The molecule has 4 rings (SSSR count). The maximum absolute atomic E-state index is 13.2. The van der Waals surface area contributed by atoms with Gasteiger partial charge in [0, 0.05) is 18.4 Å². The van der Waals surface area contributed by atoms with Gasteiger partial charge in [0.2, 0.25) is 11.8 Å². The largest absolute Gasteiger partial charge is 0.465 e. The molecule has 0 saturated carbocycles. The van der Waals surface area contributed by atoms with Crippen LogP contribution in [-0.2, 0) is 14.3 Å². The normalized spacial score (nSPS) is 14.8. The number of rotatable bonds is 7. The summed E-state index contributed by atoms with van der Waals surface area (Å²) in [4.78, 5) is 46.2. The molecule has 0 aliphatic carbocycles. The molecule has 1 heterocycles. The van der Waals surface area contributed by atoms with Crippen LogP contribution >= 0.6 is 0 Å². The van der Waals surface area contributed by atoms with Crippen LogP contribution in [0.25, 0.3) is 0 Å². The monoisotopic (exact) mass is 498 g/mol. The topological polar surface area (TPSA) is 91.3 Å². The number of methoxy groups -OCH3 is 1. The maximum atomic E-state index is 13.2. The number of hydrogen-bond donors (Lipinski definition) is 1. The number of likely N-dealkylation sites (N-methyl/N-ethyl adjacent to an activating group) is 2. The van der Waals surface area contributed by atoms with Gasteiger partial charge in [-0.2, -0.15) is 0 Å². The van der Waals surface area contributed by atoms with Gasteiger partial charge >= 0.3 is 5.97 Å². The second-order valence-electron chi connectivity index (χ2n) is 9.24. The van der Waals surface area contributed by atoms with E-state index in [2.05, 4.69) is 5.32 Å². The lowest BCUT2D eigenvalue weighted by molar-refractivity contribution is -0.119. The van der Waals surface area contributed by atoms with Crippen LogP contribution in [0.1, 0.15) is 33.0 Å². The number of amides is 2. The highest BCUT2D eigenvalue weighted by molar-refractivity contribution is 6.24. The average molecular weight is 499 g/mol. The lowest BCUT2D eigenvalue weighted by Crippen LogP contribution is -2.35. The van der Waals surface area contributed by atoms with E-state index in [4.69, 9.17) is 9.73 Å². The van der Waals surface area contributed by atoms with Gasteiger partial charge in [0.25, 0.3) is 0 Å². The molecule has 0 bridgehead atoms. The molecular formula is C29H30N4O4. The predicted octanol–water partition coefficient (Wildman–Crippen LogP) is 4.16. The molecule has 0 fully saturated rings. The highest BCUT2D eigenvalue weighted by atomic mass is 16.5. The zero-order valence-electron chi connectivity index (χ0n) is 21.6. The quantitative estimate of drug-likeness (QED) is 0.390. The van der Waals surface area contributed by atoms with Gasteiger partial charge in [-0.05, 0) is 68.0 Å². The summed E-state index contributed by atoms with van der Waals surface area (Å²) in [6, 6.07) is 20.2. The molecule has 1 aliphatic rings. The Labute approximate surface area is 216 Å². The number of nitrogens with zero attached hydrogens (tertiary/aromatic N) is 3. The van der Waals surface area contributed by atoms with E-state index in [0.717, 1.165) is 22.4 Å². The molecule has 1 unspecified atom stereocenters. The van der Waals surface area contributed by atoms with Crippen molar-refractivity contribution in [2.75, 3.05) is 45.0 Å². The summed E-state index contributed by atoms with van der Waals surface area (Å²) in [6.45, 7) is 2.24. The van der Waals surface area contributed by atoms with E-state index in [1.807, 2.05) is 74.4 Å². The van der Waals surface area contributed by atoms with Crippen molar-refractivity contribution in [1.82, 2.24) is 4.90 Å². The summed E-state index contributed by atoms with van der Waals surface area (Å²) in [5.41, 5.74) is 5.42. The first-order chi connectivity index (χ1) is 17.7. The Balaban J connectivity index is 1.75. The molecule has 3 aromatic rings. The number of ether oxygens (including phenoxy) is 1. The molecule has 8 heteroatoms. The molecule has 0 saturated heterocycles. The van der Waals surface area contributed by atoms with E-state index in [0.29, 0.717) is 29.2 Å². The van der Waals surface area contributed by atoms with Crippen LogP contribution in [0.15, 0.2) is 71.7 Å². The summed E-state index contributed by atoms with van der Waals surface area (Å²) in [5.74, 6) is -1.36. The first-order valence-electron chi connectivity index (χ1n) is 11.9. The Morgan fingerprint density at radius 3 is 2.35 bits per heavy atom. The number of carbonyl (C=O) groups is 3. The lowest BCUT2D eigenvalue weighted by Gasteiger charge is -2.22. The second-order valence-corrected chi connectivity index (χ2v) is 9.24. The molecular weight excluding hydrogens is 468 g/mol. The highest BCUT2D eigenvalue weighted by Crippen LogP contribution is 2.37. The van der Waals surface area contributed by atoms with E-state index in [1.54, 1.807) is 30.1 Å². The van der Waals surface area contributed by atoms with Gasteiger partial charge in [0.05, 0.1) is 30.6 Å². The van der Waals surface area contributed by atoms with Crippen LogP contribution in [-0.4, -0.2) is 63.2 Å². The number of fused-ring (bicyclic) bond motifs is 1. The van der Waals surface area contributed by atoms with Crippen LogP contribution in [0, 0.1) is 6.92 Å². The Morgan fingerprint density at radius 1 is 0.973 bits per heavy atom. The fourth-order valence-corrected chi connectivity index (χ4v) is 4.42. The van der Waals surface area contributed by atoms with Gasteiger partial charge in [0.15, 0.2) is 0 Å². The number of anilines is 2. The molecule has 37 heavy (non-hydrogen) atoms. The molecule has 190 valence electrons. The third kappa shape index (κ3) is 5.44. The molecule has 1 atom stereocenters. The molecule has 0 radical (unpaired) electrons. The number of nitrogens with one attached hydrogen (secondary N) is 1. The van der Waals surface area contributed by atoms with Crippen molar-refractivity contribution in [2.45, 2.75) is 12.8 Å². The first kappa shape index (κ1) is 25.8. The zero-order chi connectivity index (χ0) is 26.7. The van der Waals surface area contributed by atoms with Crippen molar-refractivity contribution in [2.24, 2.45) is 4.99 Å². The highest BCUT2D eigenvalue weighted by Gasteiger charge is 2.36. The van der Waals surface area contributed by atoms with Gasteiger partial charge < -0.3 is 19.9 Å². The summed E-state index contributed by atoms with van der Waals surface area (Å²) in [7, 11) is 6.79. The summed E-state index contributed by atoms with van der Waals surface area (Å²) < 4.78 is 4.81. The smallest absolute Gasteiger partial charge is 0.337 e. The van der Waals surface area contributed by atoms with Gasteiger partial charge in [-0.25, -0.2) is 4.79 Å². The van der Waals surface area contributed by atoms with Crippen molar-refractivity contribution in [3.8, 4) is 0 Å². The Hall–Kier alpha value is -4.30. The number of benzene rings is 3. The third-order valence-electron chi connectivity index (χ3n) is 6.27. The van der Waals surface area contributed by atoms with E-state index in [1.165, 1.54) is 7.11 Å². The van der Waals surface area contributed by atoms with Crippen molar-refractivity contribution >= 4 is 40.6 Å². The van der Waals surface area contributed by atoms with E-state index >= 15 is 0 Å². The molecule has 8 nitrogen and oxygen atoms in total. The number of aliphatic imine (C=N–C) groups is 1. The number of aryl methyl sites for hydroxylation is 1. The standard InChI is InChI=1S/C29H30N4O4/c1-18-15-21(12-14-24(18)33(4)25(34)17-32(2)3)30-27(19-9-7-6-8-10-19)26-22-13-11-20(29(36)37-5)16-23(22)31-28(26)35/h6-16,26H,17H2,1-5H3,(H,31,35). The van der Waals surface area contributed by atoms with Crippen LogP contribution in [0.4, 0.5) is 17.1 Å². The molecule has 1 aliphatic heterocycles. The van der Waals surface area contributed by atoms with Gasteiger partial charge in [0.1, 0.15) is 5.92 Å². The lowest BCUT2D eigenvalue weighted by atomic mass is 9.90. The predicted molar refractivity (Wildman–Crippen MR) is 145 cm³/mol. The SMILES string of the molecule is COC(=O)c1ccc2c(c1)NC(=O)C2C(=Nc1ccc(N(C)C(=O)CN(C)C)c(C)c1)c1ccccc1. The molecule has 1 N–H and O–H groups in total. The van der Waals surface area contributed by atoms with Gasteiger partial charge in [-0.3, -0.25) is 14.6 Å². The number of hydrogen-bond acceptors (Lipinski definition) is 6. The number of carbonyl (C=O) groups excluding carboxylic acids is 3. The Kier molecular flexibility index (Phi) is 7.50. The fourth-order valence-electron chi connectivity index (χ4n) is 4.42. The van der Waals surface area contributed by atoms with Crippen LogP contribution in [0.5, 0.6) is 0 Å². The minimum absolute atomic E-state index is 0.0140. The van der Waals surface area contributed by atoms with E-state index in [-0.39, 0.29) is 11.8 Å². The summed E-state index contributed by atoms with van der Waals surface area (Å²) in [6.07, 6.45) is 0. The van der Waals surface area contributed by atoms with Crippen LogP contribution in [0.2, 0.25) is 0 Å². The molecule has 2 amide bonds. The summed E-state index contributed by atoms with van der Waals surface area (Å²) >= 11 is 0. The zero-order valence-corrected chi connectivity index (χ0v) is 21.6. The Morgan fingerprint density at radius 2 is 1.70 bits per heavy atom. The average Bonchev–Trinajstić information content (AvgIpc) is 3.21. The minimum Gasteiger partial charge on any atom is -0.465 e. The summed E-state index contributed by atoms with van der Waals surface area (Å²) in [5, 5.41) is 2.89. The van der Waals surface area contributed by atoms with E-state index < -0.39 is 11.9 Å². The van der Waals surface area contributed by atoms with Gasteiger partial charge in [-0.15, -0.1) is 0 Å². The van der Waals surface area contributed by atoms with E-state index in [9.17, 15) is 14.4 Å². The van der Waals surface area contributed by atoms with Crippen molar-refractivity contribution in [3.63, 3.8) is 0 Å². The van der Waals surface area contributed by atoms with Crippen molar-refractivity contribution < 1.29 is 19.1 Å². The fraction of sp³-hybridized carbons (Fsp3) is 0.241. The van der Waals surface area contributed by atoms with Crippen molar-refractivity contribution in [3.05, 3.63) is 89.0 Å².